The highest BCUT2D eigenvalue weighted by atomic mass is 79.9. The number of benzene rings is 1. The SMILES string of the molecule is CCOC1C(Br)CC1Oc1ccc(C(C)C)cc1. The molecule has 1 fully saturated rings. The fraction of sp³-hybridized carbons (Fsp3) is 0.600. The van der Waals surface area contributed by atoms with Crippen molar-refractivity contribution in [3.05, 3.63) is 29.8 Å². The van der Waals surface area contributed by atoms with Gasteiger partial charge in [0.15, 0.2) is 0 Å². The molecule has 0 heterocycles. The average molecular weight is 313 g/mol. The highest BCUT2D eigenvalue weighted by molar-refractivity contribution is 9.09. The third-order valence-electron chi connectivity index (χ3n) is 3.37. The number of hydrogen-bond donors (Lipinski definition) is 0. The Morgan fingerprint density at radius 1 is 1.28 bits per heavy atom. The Bertz CT molecular complexity index is 375. The lowest BCUT2D eigenvalue weighted by atomic mass is 9.91. The maximum Gasteiger partial charge on any atom is 0.127 e. The van der Waals surface area contributed by atoms with Crippen LogP contribution in [0.25, 0.3) is 0 Å². The van der Waals surface area contributed by atoms with Gasteiger partial charge in [0, 0.05) is 17.9 Å². The van der Waals surface area contributed by atoms with Crippen molar-refractivity contribution in [3.63, 3.8) is 0 Å². The summed E-state index contributed by atoms with van der Waals surface area (Å²) < 4.78 is 11.6. The number of ether oxygens (including phenoxy) is 2. The number of halogens is 1. The highest BCUT2D eigenvalue weighted by Crippen LogP contribution is 2.34. The Balaban J connectivity index is 1.93. The number of hydrogen-bond acceptors (Lipinski definition) is 2. The Morgan fingerprint density at radius 2 is 1.94 bits per heavy atom. The molecule has 0 spiro atoms. The second-order valence-electron chi connectivity index (χ2n) is 5.05. The van der Waals surface area contributed by atoms with E-state index in [1.165, 1.54) is 5.56 Å². The summed E-state index contributed by atoms with van der Waals surface area (Å²) in [4.78, 5) is 0.428. The molecule has 0 aromatic heterocycles. The van der Waals surface area contributed by atoms with Crippen molar-refractivity contribution < 1.29 is 9.47 Å². The summed E-state index contributed by atoms with van der Waals surface area (Å²) in [6, 6.07) is 8.39. The monoisotopic (exact) mass is 312 g/mol. The zero-order chi connectivity index (χ0) is 13.1. The summed E-state index contributed by atoms with van der Waals surface area (Å²) in [5, 5.41) is 0. The highest BCUT2D eigenvalue weighted by Gasteiger charge is 2.42. The van der Waals surface area contributed by atoms with Crippen molar-refractivity contribution in [2.45, 2.75) is 50.1 Å². The van der Waals surface area contributed by atoms with Gasteiger partial charge in [0.1, 0.15) is 18.0 Å². The first kappa shape index (κ1) is 13.9. The van der Waals surface area contributed by atoms with E-state index in [0.717, 1.165) is 18.8 Å². The smallest absolute Gasteiger partial charge is 0.127 e. The second kappa shape index (κ2) is 6.07. The molecule has 0 amide bonds. The van der Waals surface area contributed by atoms with E-state index in [0.29, 0.717) is 10.7 Å². The van der Waals surface area contributed by atoms with Gasteiger partial charge in [-0.1, -0.05) is 41.9 Å². The van der Waals surface area contributed by atoms with E-state index in [-0.39, 0.29) is 12.2 Å². The number of alkyl halides is 1. The lowest BCUT2D eigenvalue weighted by Crippen LogP contribution is -2.52. The molecule has 3 heteroatoms. The Labute approximate surface area is 118 Å². The third-order valence-corrected chi connectivity index (χ3v) is 4.27. The van der Waals surface area contributed by atoms with Gasteiger partial charge >= 0.3 is 0 Å². The van der Waals surface area contributed by atoms with Crippen LogP contribution < -0.4 is 4.74 Å². The van der Waals surface area contributed by atoms with E-state index in [2.05, 4.69) is 54.0 Å². The van der Waals surface area contributed by atoms with Gasteiger partial charge in [-0.15, -0.1) is 0 Å². The molecule has 2 rings (SSSR count). The van der Waals surface area contributed by atoms with Crippen LogP contribution in [-0.2, 0) is 4.74 Å². The van der Waals surface area contributed by atoms with Crippen LogP contribution in [0.4, 0.5) is 0 Å². The molecule has 1 aliphatic rings. The van der Waals surface area contributed by atoms with Crippen LogP contribution in [-0.4, -0.2) is 23.6 Å². The molecule has 0 aliphatic heterocycles. The van der Waals surface area contributed by atoms with Gasteiger partial charge in [-0.05, 0) is 30.5 Å². The lowest BCUT2D eigenvalue weighted by Gasteiger charge is -2.40. The Morgan fingerprint density at radius 3 is 2.44 bits per heavy atom. The quantitative estimate of drug-likeness (QED) is 0.761. The van der Waals surface area contributed by atoms with Gasteiger partial charge in [0.2, 0.25) is 0 Å². The molecule has 3 unspecified atom stereocenters. The van der Waals surface area contributed by atoms with Gasteiger partial charge < -0.3 is 9.47 Å². The summed E-state index contributed by atoms with van der Waals surface area (Å²) >= 11 is 3.61. The van der Waals surface area contributed by atoms with Crippen LogP contribution in [0.1, 0.15) is 38.7 Å². The van der Waals surface area contributed by atoms with Crippen LogP contribution in [0, 0.1) is 0 Å². The van der Waals surface area contributed by atoms with Crippen molar-refractivity contribution in [2.24, 2.45) is 0 Å². The molecular formula is C15H21BrO2. The van der Waals surface area contributed by atoms with E-state index in [4.69, 9.17) is 9.47 Å². The third kappa shape index (κ3) is 3.07. The normalized spacial score (nSPS) is 27.1. The first-order valence-electron chi connectivity index (χ1n) is 6.64. The Hall–Kier alpha value is -0.540. The van der Waals surface area contributed by atoms with E-state index in [1.54, 1.807) is 0 Å². The topological polar surface area (TPSA) is 18.5 Å². The average Bonchev–Trinajstić information content (AvgIpc) is 2.36. The fourth-order valence-electron chi connectivity index (χ4n) is 2.15. The van der Waals surface area contributed by atoms with E-state index < -0.39 is 0 Å². The van der Waals surface area contributed by atoms with Crippen molar-refractivity contribution in [2.75, 3.05) is 6.61 Å². The van der Waals surface area contributed by atoms with Gasteiger partial charge in [-0.3, -0.25) is 0 Å². The zero-order valence-corrected chi connectivity index (χ0v) is 12.8. The largest absolute Gasteiger partial charge is 0.488 e. The number of rotatable bonds is 5. The first-order chi connectivity index (χ1) is 8.61. The van der Waals surface area contributed by atoms with E-state index in [1.807, 2.05) is 6.92 Å². The van der Waals surface area contributed by atoms with E-state index in [9.17, 15) is 0 Å². The maximum absolute atomic E-state index is 5.97. The van der Waals surface area contributed by atoms with Crippen LogP contribution in [0.5, 0.6) is 5.75 Å². The summed E-state index contributed by atoms with van der Waals surface area (Å²) in [6.45, 7) is 7.15. The minimum atomic E-state index is 0.180. The summed E-state index contributed by atoms with van der Waals surface area (Å²) in [6.07, 6.45) is 1.37. The standard InChI is InChI=1S/C15H21BrO2/c1-4-17-15-13(16)9-14(15)18-12-7-5-11(6-8-12)10(2)3/h5-8,10,13-15H,4,9H2,1-3H3. The Kier molecular flexibility index (Phi) is 4.68. The van der Waals surface area contributed by atoms with Crippen LogP contribution in [0.3, 0.4) is 0 Å². The molecule has 3 atom stereocenters. The summed E-state index contributed by atoms with van der Waals surface area (Å²) in [5.41, 5.74) is 1.34. The molecule has 100 valence electrons. The molecule has 1 aromatic rings. The summed E-state index contributed by atoms with van der Waals surface area (Å²) in [5.74, 6) is 1.50. The second-order valence-corrected chi connectivity index (χ2v) is 6.23. The minimum Gasteiger partial charge on any atom is -0.488 e. The van der Waals surface area contributed by atoms with Gasteiger partial charge in [0.05, 0.1) is 0 Å². The molecule has 0 radical (unpaired) electrons. The van der Waals surface area contributed by atoms with Crippen LogP contribution in [0.15, 0.2) is 24.3 Å². The molecule has 1 aromatic carbocycles. The molecular weight excluding hydrogens is 292 g/mol. The molecule has 1 saturated carbocycles. The van der Waals surface area contributed by atoms with Crippen molar-refractivity contribution >= 4 is 15.9 Å². The maximum atomic E-state index is 5.97. The van der Waals surface area contributed by atoms with Crippen LogP contribution in [0.2, 0.25) is 0 Å². The minimum absolute atomic E-state index is 0.180. The molecule has 2 nitrogen and oxygen atoms in total. The predicted molar refractivity (Wildman–Crippen MR) is 77.7 cm³/mol. The van der Waals surface area contributed by atoms with Crippen molar-refractivity contribution in [1.82, 2.24) is 0 Å². The molecule has 0 saturated heterocycles. The van der Waals surface area contributed by atoms with Gasteiger partial charge in [-0.25, -0.2) is 0 Å². The fourth-order valence-corrected chi connectivity index (χ4v) is 3.01. The first-order valence-corrected chi connectivity index (χ1v) is 7.55. The van der Waals surface area contributed by atoms with Crippen molar-refractivity contribution in [1.29, 1.82) is 0 Å². The lowest BCUT2D eigenvalue weighted by molar-refractivity contribution is -0.0723. The van der Waals surface area contributed by atoms with Gasteiger partial charge in [-0.2, -0.15) is 0 Å². The summed E-state index contributed by atoms with van der Waals surface area (Å²) in [7, 11) is 0. The van der Waals surface area contributed by atoms with Gasteiger partial charge in [0.25, 0.3) is 0 Å². The molecule has 0 bridgehead atoms. The van der Waals surface area contributed by atoms with Crippen molar-refractivity contribution in [3.8, 4) is 5.75 Å². The van der Waals surface area contributed by atoms with Crippen LogP contribution >= 0.6 is 15.9 Å². The molecule has 1 aliphatic carbocycles. The molecule has 0 N–H and O–H groups in total. The predicted octanol–water partition coefficient (Wildman–Crippen LogP) is 4.13. The molecule has 18 heavy (non-hydrogen) atoms. The zero-order valence-electron chi connectivity index (χ0n) is 11.2. The van der Waals surface area contributed by atoms with E-state index >= 15 is 0 Å².